The Kier molecular flexibility index (Phi) is 7.80. The van der Waals surface area contributed by atoms with Crippen molar-refractivity contribution in [2.24, 2.45) is 5.41 Å². The number of hydrogen-bond donors (Lipinski definition) is 0. The van der Waals surface area contributed by atoms with Crippen molar-refractivity contribution < 1.29 is 19.1 Å². The van der Waals surface area contributed by atoms with Gasteiger partial charge in [-0.05, 0) is 12.8 Å². The molecule has 108 valence electrons. The van der Waals surface area contributed by atoms with Crippen LogP contribution in [0, 0.1) is 5.41 Å². The maximum Gasteiger partial charge on any atom is 0.333 e. The fourth-order valence-corrected chi connectivity index (χ4v) is 1.66. The highest BCUT2D eigenvalue weighted by Gasteiger charge is 2.37. The van der Waals surface area contributed by atoms with E-state index in [1.807, 2.05) is 13.8 Å². The minimum atomic E-state index is -0.917. The molecule has 0 aromatic heterocycles. The lowest BCUT2D eigenvalue weighted by atomic mass is 9.81. The molecule has 0 N–H and O–H groups in total. The predicted molar refractivity (Wildman–Crippen MR) is 74.3 cm³/mol. The highest BCUT2D eigenvalue weighted by atomic mass is 16.7. The van der Waals surface area contributed by atoms with E-state index >= 15 is 0 Å². The normalized spacial score (nSPS) is 13.5. The number of carbonyl (C=O) groups excluding carboxylic acids is 2. The van der Waals surface area contributed by atoms with Gasteiger partial charge in [0.05, 0.1) is 0 Å². The zero-order chi connectivity index (χ0) is 14.9. The van der Waals surface area contributed by atoms with Crippen molar-refractivity contribution >= 4 is 11.9 Å². The molecule has 4 nitrogen and oxygen atoms in total. The molecular weight excluding hydrogens is 244 g/mol. The van der Waals surface area contributed by atoms with Gasteiger partial charge in [0, 0.05) is 17.6 Å². The summed E-state index contributed by atoms with van der Waals surface area (Å²) in [5.74, 6) is -1.20. The highest BCUT2D eigenvalue weighted by molar-refractivity contribution is 5.83. The Balaban J connectivity index is 5.02. The smallest absolute Gasteiger partial charge is 0.333 e. The van der Waals surface area contributed by atoms with Gasteiger partial charge >= 0.3 is 11.9 Å². The van der Waals surface area contributed by atoms with Gasteiger partial charge in [-0.15, -0.1) is 0 Å². The van der Waals surface area contributed by atoms with Gasteiger partial charge < -0.3 is 9.47 Å². The molecule has 0 saturated carbocycles. The number of ether oxygens (including phenoxy) is 2. The summed E-state index contributed by atoms with van der Waals surface area (Å²) in [5.41, 5.74) is -0.409. The second-order valence-corrected chi connectivity index (χ2v) is 4.73. The molecule has 0 fully saturated rings. The molecule has 0 bridgehead atoms. The van der Waals surface area contributed by atoms with Crippen LogP contribution < -0.4 is 0 Å². The summed E-state index contributed by atoms with van der Waals surface area (Å²) in [7, 11) is 0. The Labute approximate surface area is 115 Å². The molecule has 0 amide bonds. The monoisotopic (exact) mass is 268 g/mol. The number of esters is 2. The van der Waals surface area contributed by atoms with E-state index in [9.17, 15) is 9.59 Å². The second kappa shape index (κ2) is 8.51. The summed E-state index contributed by atoms with van der Waals surface area (Å²) in [4.78, 5) is 22.7. The number of unbranched alkanes of at least 4 members (excludes halogenated alkanes) is 1. The molecule has 0 aromatic rings. The molecule has 1 atom stereocenters. The van der Waals surface area contributed by atoms with Crippen LogP contribution in [0.25, 0.3) is 0 Å². The first-order valence-electron chi connectivity index (χ1n) is 6.59. The van der Waals surface area contributed by atoms with Crippen LogP contribution in [0.5, 0.6) is 0 Å². The van der Waals surface area contributed by atoms with Crippen molar-refractivity contribution in [3.8, 4) is 0 Å². The maximum absolute atomic E-state index is 11.4. The Bertz CT molecular complexity index is 313. The van der Waals surface area contributed by atoms with Gasteiger partial charge in [-0.1, -0.05) is 46.8 Å². The first kappa shape index (κ1) is 17.4. The van der Waals surface area contributed by atoms with Crippen LogP contribution in [0.3, 0.4) is 0 Å². The SMILES string of the molecule is C=CC(=O)OC(OC(=O)C=C)C(C)(CC)CCCC. The van der Waals surface area contributed by atoms with E-state index in [0.717, 1.165) is 37.8 Å². The zero-order valence-corrected chi connectivity index (χ0v) is 12.1. The molecule has 19 heavy (non-hydrogen) atoms. The van der Waals surface area contributed by atoms with E-state index in [0.29, 0.717) is 0 Å². The molecular formula is C15H24O4. The lowest BCUT2D eigenvalue weighted by Gasteiger charge is -2.35. The molecule has 0 spiro atoms. The van der Waals surface area contributed by atoms with Gasteiger partial charge in [-0.3, -0.25) is 0 Å². The number of hydrogen-bond acceptors (Lipinski definition) is 4. The van der Waals surface area contributed by atoms with E-state index in [-0.39, 0.29) is 0 Å². The Morgan fingerprint density at radius 1 is 1.16 bits per heavy atom. The van der Waals surface area contributed by atoms with Crippen LogP contribution in [-0.2, 0) is 19.1 Å². The second-order valence-electron chi connectivity index (χ2n) is 4.73. The zero-order valence-electron chi connectivity index (χ0n) is 12.1. The van der Waals surface area contributed by atoms with Gasteiger partial charge in [0.1, 0.15) is 0 Å². The van der Waals surface area contributed by atoms with Crippen molar-refractivity contribution in [2.75, 3.05) is 0 Å². The number of carbonyl (C=O) groups is 2. The van der Waals surface area contributed by atoms with E-state index in [1.165, 1.54) is 0 Å². The van der Waals surface area contributed by atoms with Gasteiger partial charge in [0.15, 0.2) is 0 Å². The molecule has 0 aliphatic carbocycles. The fraction of sp³-hybridized carbons (Fsp3) is 0.600. The molecule has 1 unspecified atom stereocenters. The van der Waals surface area contributed by atoms with E-state index in [2.05, 4.69) is 20.1 Å². The standard InChI is InChI=1S/C15H24O4/c1-6-10-11-15(5,9-4)14(18-12(16)7-2)19-13(17)8-3/h7-8,14H,2-3,6,9-11H2,1,4-5H3. The van der Waals surface area contributed by atoms with Crippen molar-refractivity contribution in [1.29, 1.82) is 0 Å². The summed E-state index contributed by atoms with van der Waals surface area (Å²) in [5, 5.41) is 0. The van der Waals surface area contributed by atoms with Crippen molar-refractivity contribution in [3.05, 3.63) is 25.3 Å². The van der Waals surface area contributed by atoms with Crippen LogP contribution in [0.4, 0.5) is 0 Å². The van der Waals surface area contributed by atoms with Crippen molar-refractivity contribution in [2.45, 2.75) is 52.7 Å². The van der Waals surface area contributed by atoms with Crippen LogP contribution in [-0.4, -0.2) is 18.2 Å². The Morgan fingerprint density at radius 3 is 1.95 bits per heavy atom. The largest absolute Gasteiger partial charge is 0.421 e. The first-order chi connectivity index (χ1) is 8.93. The minimum Gasteiger partial charge on any atom is -0.421 e. The quantitative estimate of drug-likeness (QED) is 0.365. The Hall–Kier alpha value is -1.58. The van der Waals surface area contributed by atoms with Crippen LogP contribution in [0.1, 0.15) is 46.5 Å². The highest BCUT2D eigenvalue weighted by Crippen LogP contribution is 2.35. The third-order valence-electron chi connectivity index (χ3n) is 3.26. The number of rotatable bonds is 9. The third kappa shape index (κ3) is 5.73. The molecule has 0 saturated heterocycles. The molecule has 0 aliphatic heterocycles. The van der Waals surface area contributed by atoms with Crippen molar-refractivity contribution in [1.82, 2.24) is 0 Å². The Morgan fingerprint density at radius 2 is 1.63 bits per heavy atom. The van der Waals surface area contributed by atoms with Gasteiger partial charge in [-0.25, -0.2) is 9.59 Å². The topological polar surface area (TPSA) is 52.6 Å². The van der Waals surface area contributed by atoms with Gasteiger partial charge in [-0.2, -0.15) is 0 Å². The molecule has 0 aliphatic rings. The van der Waals surface area contributed by atoms with E-state index in [4.69, 9.17) is 9.47 Å². The van der Waals surface area contributed by atoms with Crippen LogP contribution >= 0.6 is 0 Å². The molecule has 0 rings (SSSR count). The average Bonchev–Trinajstić information content (AvgIpc) is 2.43. The van der Waals surface area contributed by atoms with Crippen LogP contribution in [0.15, 0.2) is 25.3 Å². The lowest BCUT2D eigenvalue weighted by molar-refractivity contribution is -0.206. The summed E-state index contributed by atoms with van der Waals surface area (Å²) in [6.45, 7) is 12.7. The van der Waals surface area contributed by atoms with Crippen LogP contribution in [0.2, 0.25) is 0 Å². The first-order valence-corrected chi connectivity index (χ1v) is 6.59. The molecule has 0 aromatic carbocycles. The fourth-order valence-electron chi connectivity index (χ4n) is 1.66. The maximum atomic E-state index is 11.4. The van der Waals surface area contributed by atoms with Crippen molar-refractivity contribution in [3.63, 3.8) is 0 Å². The molecule has 0 radical (unpaired) electrons. The predicted octanol–water partition coefficient (Wildman–Crippen LogP) is 3.38. The lowest BCUT2D eigenvalue weighted by Crippen LogP contribution is -2.39. The third-order valence-corrected chi connectivity index (χ3v) is 3.26. The summed E-state index contributed by atoms with van der Waals surface area (Å²) < 4.78 is 10.4. The van der Waals surface area contributed by atoms with E-state index in [1.54, 1.807) is 0 Å². The minimum absolute atomic E-state index is 0.409. The summed E-state index contributed by atoms with van der Waals surface area (Å²) >= 11 is 0. The average molecular weight is 268 g/mol. The summed E-state index contributed by atoms with van der Waals surface area (Å²) in [6, 6.07) is 0. The molecule has 0 heterocycles. The van der Waals surface area contributed by atoms with Gasteiger partial charge in [0.25, 0.3) is 6.29 Å². The summed E-state index contributed by atoms with van der Waals surface area (Å²) in [6.07, 6.45) is 4.73. The van der Waals surface area contributed by atoms with Gasteiger partial charge in [0.2, 0.25) is 0 Å². The molecule has 4 heteroatoms. The van der Waals surface area contributed by atoms with E-state index < -0.39 is 23.6 Å².